The number of hydrogen-bond donors (Lipinski definition) is 0. The van der Waals surface area contributed by atoms with Crippen LogP contribution in [-0.2, 0) is 5.41 Å². The van der Waals surface area contributed by atoms with Crippen molar-refractivity contribution in [2.75, 3.05) is 4.90 Å². The molecule has 57 heavy (non-hydrogen) atoms. The lowest BCUT2D eigenvalue weighted by Gasteiger charge is -2.35. The van der Waals surface area contributed by atoms with Crippen molar-refractivity contribution in [3.05, 3.63) is 193 Å². The van der Waals surface area contributed by atoms with Gasteiger partial charge in [-0.2, -0.15) is 0 Å². The molecule has 1 atom stereocenters. The Morgan fingerprint density at radius 1 is 0.544 bits per heavy atom. The maximum absolute atomic E-state index is 2.57. The molecule has 1 heterocycles. The van der Waals surface area contributed by atoms with Gasteiger partial charge in [0.15, 0.2) is 0 Å². The number of allylic oxidation sites excluding steroid dienone is 3. The van der Waals surface area contributed by atoms with Gasteiger partial charge in [-0.3, -0.25) is 0 Å². The molecule has 8 aromatic carbocycles. The summed E-state index contributed by atoms with van der Waals surface area (Å²) < 4.78 is 2.64. The van der Waals surface area contributed by atoms with Gasteiger partial charge in [-0.15, -0.1) is 11.3 Å². The molecule has 0 N–H and O–H groups in total. The lowest BCUT2D eigenvalue weighted by atomic mass is 9.74. The number of benzene rings is 8. The molecular formula is C55H45NS. The largest absolute Gasteiger partial charge is 0.309 e. The SMILES string of the molecule is CC1(c2cccc3c2ccc2ccccc23)C=CC(N(c2ccccc2-c2cccc3cccc(C4CCCCC4)c23)c2cccc3c2sc2ccccc23)=CC1. The number of anilines is 2. The molecule has 276 valence electrons. The van der Waals surface area contributed by atoms with Crippen molar-refractivity contribution in [2.45, 2.75) is 56.8 Å². The zero-order chi connectivity index (χ0) is 37.9. The molecular weight excluding hydrogens is 707 g/mol. The minimum atomic E-state index is -0.162. The minimum absolute atomic E-state index is 0.162. The predicted molar refractivity (Wildman–Crippen MR) is 247 cm³/mol. The molecule has 2 heteroatoms. The third-order valence-electron chi connectivity index (χ3n) is 13.1. The molecule has 1 fully saturated rings. The normalized spacial score (nSPS) is 17.5. The third-order valence-corrected chi connectivity index (χ3v) is 14.3. The predicted octanol–water partition coefficient (Wildman–Crippen LogP) is 16.2. The Kier molecular flexibility index (Phi) is 8.37. The van der Waals surface area contributed by atoms with Crippen molar-refractivity contribution in [3.63, 3.8) is 0 Å². The molecule has 2 aliphatic carbocycles. The van der Waals surface area contributed by atoms with Crippen LogP contribution in [0, 0.1) is 0 Å². The third kappa shape index (κ3) is 5.72. The second-order valence-electron chi connectivity index (χ2n) is 16.5. The highest BCUT2D eigenvalue weighted by Crippen LogP contribution is 2.49. The first-order chi connectivity index (χ1) is 28.1. The van der Waals surface area contributed by atoms with Gasteiger partial charge >= 0.3 is 0 Å². The van der Waals surface area contributed by atoms with Crippen molar-refractivity contribution in [3.8, 4) is 11.1 Å². The summed E-state index contributed by atoms with van der Waals surface area (Å²) in [6, 6.07) is 59.2. The van der Waals surface area contributed by atoms with Crippen LogP contribution in [0.3, 0.4) is 0 Å². The van der Waals surface area contributed by atoms with Crippen LogP contribution >= 0.6 is 11.3 Å². The molecule has 0 radical (unpaired) electrons. The van der Waals surface area contributed by atoms with E-state index in [0.29, 0.717) is 5.92 Å². The molecule has 1 saturated carbocycles. The molecule has 0 saturated heterocycles. The van der Waals surface area contributed by atoms with Gasteiger partial charge in [-0.1, -0.05) is 178 Å². The number of hydrogen-bond acceptors (Lipinski definition) is 2. The van der Waals surface area contributed by atoms with Crippen LogP contribution in [-0.4, -0.2) is 0 Å². The highest BCUT2D eigenvalue weighted by Gasteiger charge is 2.30. The topological polar surface area (TPSA) is 3.24 Å². The number of thiophene rings is 1. The van der Waals surface area contributed by atoms with Gasteiger partial charge < -0.3 is 4.90 Å². The van der Waals surface area contributed by atoms with E-state index < -0.39 is 0 Å². The van der Waals surface area contributed by atoms with Crippen LogP contribution in [0.15, 0.2) is 182 Å². The van der Waals surface area contributed by atoms with Crippen LogP contribution in [0.2, 0.25) is 0 Å². The van der Waals surface area contributed by atoms with E-state index in [0.717, 1.165) is 6.42 Å². The van der Waals surface area contributed by atoms with E-state index in [1.807, 2.05) is 11.3 Å². The lowest BCUT2D eigenvalue weighted by molar-refractivity contribution is 0.445. The first-order valence-electron chi connectivity index (χ1n) is 20.8. The van der Waals surface area contributed by atoms with E-state index in [1.165, 1.54) is 124 Å². The zero-order valence-electron chi connectivity index (χ0n) is 32.4. The molecule has 0 bridgehead atoms. The fourth-order valence-corrected chi connectivity index (χ4v) is 11.4. The van der Waals surface area contributed by atoms with Gasteiger partial charge in [0.1, 0.15) is 0 Å². The van der Waals surface area contributed by atoms with Crippen LogP contribution in [0.5, 0.6) is 0 Å². The van der Waals surface area contributed by atoms with Gasteiger partial charge in [0, 0.05) is 32.1 Å². The Balaban J connectivity index is 1.10. The van der Waals surface area contributed by atoms with Crippen LogP contribution in [0.25, 0.3) is 63.6 Å². The summed E-state index contributed by atoms with van der Waals surface area (Å²) in [5, 5.41) is 10.7. The molecule has 1 unspecified atom stereocenters. The molecule has 11 rings (SSSR count). The van der Waals surface area contributed by atoms with Crippen molar-refractivity contribution < 1.29 is 0 Å². The fraction of sp³-hybridized carbons (Fsp3) is 0.164. The average Bonchev–Trinajstić information content (AvgIpc) is 3.66. The average molecular weight is 752 g/mol. The molecule has 1 nitrogen and oxygen atoms in total. The highest BCUT2D eigenvalue weighted by atomic mass is 32.1. The fourth-order valence-electron chi connectivity index (χ4n) is 10.2. The Morgan fingerprint density at radius 3 is 2.11 bits per heavy atom. The smallest absolute Gasteiger partial charge is 0.0640 e. The summed E-state index contributed by atoms with van der Waals surface area (Å²) in [4.78, 5) is 2.57. The van der Waals surface area contributed by atoms with E-state index in [2.05, 4.69) is 188 Å². The van der Waals surface area contributed by atoms with Gasteiger partial charge in [-0.25, -0.2) is 0 Å². The Morgan fingerprint density at radius 2 is 1.23 bits per heavy atom. The van der Waals surface area contributed by atoms with Gasteiger partial charge in [0.05, 0.1) is 16.1 Å². The van der Waals surface area contributed by atoms with Crippen LogP contribution in [0.4, 0.5) is 11.4 Å². The van der Waals surface area contributed by atoms with Crippen LogP contribution < -0.4 is 4.90 Å². The van der Waals surface area contributed by atoms with Crippen molar-refractivity contribution >= 4 is 75.2 Å². The standard InChI is InChI=1S/C55H45NS/c1-55(49-27-13-24-43-41-20-6-5-17-38(41)31-32-44(43)49)35-33-40(34-36-55)56(51-29-14-26-48-46-22-8-10-30-52(46)57-54(48)51)50-28-9-7-21-45(50)47-25-12-19-39-18-11-23-42(53(39)47)37-15-3-2-4-16-37/h5-14,17-35,37H,2-4,15-16,36H2,1H3. The first kappa shape index (κ1) is 34.3. The summed E-state index contributed by atoms with van der Waals surface area (Å²) in [5.74, 6) is 0.605. The van der Waals surface area contributed by atoms with Crippen molar-refractivity contribution in [2.24, 2.45) is 0 Å². The van der Waals surface area contributed by atoms with Crippen molar-refractivity contribution in [1.82, 2.24) is 0 Å². The van der Waals surface area contributed by atoms with Gasteiger partial charge in [0.25, 0.3) is 0 Å². The number of fused-ring (bicyclic) bond motifs is 7. The summed E-state index contributed by atoms with van der Waals surface area (Å²) in [5.41, 5.74) is 8.98. The maximum atomic E-state index is 2.57. The van der Waals surface area contributed by atoms with E-state index in [-0.39, 0.29) is 5.41 Å². The maximum Gasteiger partial charge on any atom is 0.0640 e. The quantitative estimate of drug-likeness (QED) is 0.153. The molecule has 2 aliphatic rings. The molecule has 1 aromatic heterocycles. The van der Waals surface area contributed by atoms with Crippen molar-refractivity contribution in [1.29, 1.82) is 0 Å². The van der Waals surface area contributed by atoms with E-state index in [9.17, 15) is 0 Å². The second-order valence-corrected chi connectivity index (χ2v) is 17.5. The number of nitrogens with zero attached hydrogens (tertiary/aromatic N) is 1. The highest BCUT2D eigenvalue weighted by molar-refractivity contribution is 7.26. The minimum Gasteiger partial charge on any atom is -0.309 e. The van der Waals surface area contributed by atoms with E-state index >= 15 is 0 Å². The van der Waals surface area contributed by atoms with Gasteiger partial charge in [-0.05, 0) is 98.5 Å². The molecule has 0 spiro atoms. The summed E-state index contributed by atoms with van der Waals surface area (Å²) in [6.45, 7) is 2.41. The zero-order valence-corrected chi connectivity index (χ0v) is 33.2. The summed E-state index contributed by atoms with van der Waals surface area (Å²) >= 11 is 1.91. The molecule has 9 aromatic rings. The summed E-state index contributed by atoms with van der Waals surface area (Å²) in [7, 11) is 0. The Bertz CT molecular complexity index is 3060. The number of para-hydroxylation sites is 1. The number of rotatable bonds is 6. The summed E-state index contributed by atoms with van der Waals surface area (Å²) in [6.07, 6.45) is 14.8. The molecule has 0 amide bonds. The Hall–Kier alpha value is -5.96. The monoisotopic (exact) mass is 751 g/mol. The van der Waals surface area contributed by atoms with Gasteiger partial charge in [0.2, 0.25) is 0 Å². The van der Waals surface area contributed by atoms with E-state index in [4.69, 9.17) is 0 Å². The second kappa shape index (κ2) is 13.9. The molecule has 0 aliphatic heterocycles. The first-order valence-corrected chi connectivity index (χ1v) is 21.6. The van der Waals surface area contributed by atoms with E-state index in [1.54, 1.807) is 0 Å². The van der Waals surface area contributed by atoms with Crippen LogP contribution in [0.1, 0.15) is 62.5 Å². The lowest BCUT2D eigenvalue weighted by Crippen LogP contribution is -2.25. The Labute approximate surface area is 339 Å².